The van der Waals surface area contributed by atoms with Crippen molar-refractivity contribution in [1.29, 1.82) is 0 Å². The van der Waals surface area contributed by atoms with E-state index in [-0.39, 0.29) is 12.1 Å². The number of benzene rings is 1. The Bertz CT molecular complexity index is 1060. The molecule has 10 nitrogen and oxygen atoms in total. The second kappa shape index (κ2) is 14.0. The van der Waals surface area contributed by atoms with Gasteiger partial charge >= 0.3 is 12.1 Å². The Morgan fingerprint density at radius 3 is 1.71 bits per heavy atom. The first-order chi connectivity index (χ1) is 17.1. The van der Waals surface area contributed by atoms with E-state index in [4.69, 9.17) is 0 Å². The van der Waals surface area contributed by atoms with E-state index in [0.717, 1.165) is 42.9 Å². The van der Waals surface area contributed by atoms with E-state index in [2.05, 4.69) is 41.9 Å². The average Bonchev–Trinajstić information content (AvgIpc) is 2.87. The van der Waals surface area contributed by atoms with Crippen molar-refractivity contribution >= 4 is 34.8 Å². The molecule has 6 N–H and O–H groups in total. The predicted octanol–water partition coefficient (Wildman–Crippen LogP) is 4.03. The maximum atomic E-state index is 12.3. The lowest BCUT2D eigenvalue weighted by Crippen LogP contribution is -2.31. The van der Waals surface area contributed by atoms with Gasteiger partial charge in [0, 0.05) is 73.7 Å². The third-order valence-electron chi connectivity index (χ3n) is 5.04. The molecule has 0 aliphatic carbocycles. The van der Waals surface area contributed by atoms with Gasteiger partial charge in [-0.1, -0.05) is 6.07 Å². The number of urea groups is 2. The summed E-state index contributed by atoms with van der Waals surface area (Å²) in [7, 11) is 0. The molecule has 0 saturated carbocycles. The Labute approximate surface area is 205 Å². The first-order valence-corrected chi connectivity index (χ1v) is 11.6. The molecule has 0 fully saturated rings. The number of hydrogen-bond acceptors (Lipinski definition) is 6. The molecular weight excluding hydrogens is 444 g/mol. The van der Waals surface area contributed by atoms with Gasteiger partial charge in [0.15, 0.2) is 0 Å². The number of nitrogens with one attached hydrogen (secondary N) is 6. The molecule has 0 bridgehead atoms. The first kappa shape index (κ1) is 25.3. The SMILES string of the molecule is Cc1ccc(NC(=O)NCCCNc2ccncc2)cc1NC(=O)NCCCNc1ccncc1. The monoisotopic (exact) mass is 476 g/mol. The molecule has 10 heteroatoms. The molecular formula is C25H32N8O2. The molecule has 0 spiro atoms. The molecule has 2 aromatic heterocycles. The van der Waals surface area contributed by atoms with Gasteiger partial charge in [-0.25, -0.2) is 9.59 Å². The van der Waals surface area contributed by atoms with Crippen molar-refractivity contribution in [2.45, 2.75) is 19.8 Å². The summed E-state index contributed by atoms with van der Waals surface area (Å²) in [5.74, 6) is 0. The lowest BCUT2D eigenvalue weighted by molar-refractivity contribution is 0.251. The van der Waals surface area contributed by atoms with Crippen LogP contribution in [0.15, 0.2) is 67.3 Å². The van der Waals surface area contributed by atoms with Gasteiger partial charge in [-0.15, -0.1) is 0 Å². The molecule has 3 aromatic rings. The Morgan fingerprint density at radius 1 is 0.657 bits per heavy atom. The maximum Gasteiger partial charge on any atom is 0.319 e. The van der Waals surface area contributed by atoms with Gasteiger partial charge in [-0.05, 0) is 61.7 Å². The fourth-order valence-corrected chi connectivity index (χ4v) is 3.16. The molecule has 0 saturated heterocycles. The summed E-state index contributed by atoms with van der Waals surface area (Å²) in [5.41, 5.74) is 4.12. The summed E-state index contributed by atoms with van der Waals surface area (Å²) in [6, 6.07) is 12.4. The second-order valence-corrected chi connectivity index (χ2v) is 7.82. The van der Waals surface area contributed by atoms with Crippen LogP contribution in [0.3, 0.4) is 0 Å². The normalized spacial score (nSPS) is 10.2. The van der Waals surface area contributed by atoms with Crippen molar-refractivity contribution in [3.8, 4) is 0 Å². The predicted molar refractivity (Wildman–Crippen MR) is 140 cm³/mol. The summed E-state index contributed by atoms with van der Waals surface area (Å²) >= 11 is 0. The molecule has 184 valence electrons. The largest absolute Gasteiger partial charge is 0.385 e. The Balaban J connectivity index is 1.33. The lowest BCUT2D eigenvalue weighted by atomic mass is 10.2. The number of hydrogen-bond donors (Lipinski definition) is 6. The highest BCUT2D eigenvalue weighted by Crippen LogP contribution is 2.20. The zero-order chi connectivity index (χ0) is 24.7. The number of carbonyl (C=O) groups is 2. The number of aryl methyl sites for hydroxylation is 1. The van der Waals surface area contributed by atoms with Crippen LogP contribution in [0.5, 0.6) is 0 Å². The number of amides is 4. The van der Waals surface area contributed by atoms with Crippen LogP contribution in [0, 0.1) is 6.92 Å². The summed E-state index contributed by atoms with van der Waals surface area (Å²) in [6.45, 7) is 4.42. The van der Waals surface area contributed by atoms with E-state index < -0.39 is 0 Å². The van der Waals surface area contributed by atoms with E-state index >= 15 is 0 Å². The fourth-order valence-electron chi connectivity index (χ4n) is 3.16. The van der Waals surface area contributed by atoms with Crippen LogP contribution in [0.25, 0.3) is 0 Å². The van der Waals surface area contributed by atoms with Gasteiger partial charge in [0.25, 0.3) is 0 Å². The molecule has 0 aliphatic heterocycles. The summed E-state index contributed by atoms with van der Waals surface area (Å²) in [5, 5.41) is 17.9. The van der Waals surface area contributed by atoms with Gasteiger partial charge in [0.1, 0.15) is 0 Å². The molecule has 1 aromatic carbocycles. The summed E-state index contributed by atoms with van der Waals surface area (Å²) in [6.07, 6.45) is 8.46. The van der Waals surface area contributed by atoms with Gasteiger partial charge in [0.05, 0.1) is 0 Å². The smallest absolute Gasteiger partial charge is 0.319 e. The van der Waals surface area contributed by atoms with E-state index in [1.54, 1.807) is 36.9 Å². The number of carbonyl (C=O) groups excluding carboxylic acids is 2. The number of pyridine rings is 2. The van der Waals surface area contributed by atoms with Crippen LogP contribution in [-0.2, 0) is 0 Å². The molecule has 0 atom stereocenters. The third-order valence-corrected chi connectivity index (χ3v) is 5.04. The minimum absolute atomic E-state index is 0.291. The molecule has 0 aliphatic rings. The van der Waals surface area contributed by atoms with Crippen molar-refractivity contribution in [3.63, 3.8) is 0 Å². The minimum Gasteiger partial charge on any atom is -0.385 e. The molecule has 0 radical (unpaired) electrons. The fraction of sp³-hybridized carbons (Fsp3) is 0.280. The van der Waals surface area contributed by atoms with Crippen LogP contribution < -0.4 is 31.9 Å². The molecule has 35 heavy (non-hydrogen) atoms. The van der Waals surface area contributed by atoms with E-state index in [9.17, 15) is 9.59 Å². The van der Waals surface area contributed by atoms with Crippen molar-refractivity contribution < 1.29 is 9.59 Å². The number of aromatic nitrogens is 2. The number of anilines is 4. The van der Waals surface area contributed by atoms with Crippen LogP contribution in [-0.4, -0.2) is 48.2 Å². The minimum atomic E-state index is -0.296. The van der Waals surface area contributed by atoms with Gasteiger partial charge in [-0.3, -0.25) is 9.97 Å². The van der Waals surface area contributed by atoms with Crippen molar-refractivity contribution in [2.75, 3.05) is 47.4 Å². The van der Waals surface area contributed by atoms with Crippen LogP contribution >= 0.6 is 0 Å². The zero-order valence-corrected chi connectivity index (χ0v) is 19.8. The standard InChI is InChI=1S/C25H32N8O2/c1-19-4-5-22(32-24(34)30-12-2-10-28-20-6-14-26-15-7-20)18-23(19)33-25(35)31-13-3-11-29-21-8-16-27-17-9-21/h4-9,14-18H,2-3,10-13H2,1H3,(H,26,28)(H,27,29)(H2,30,32,34)(H2,31,33,35). The Hall–Kier alpha value is -4.34. The number of nitrogens with zero attached hydrogens (tertiary/aromatic N) is 2. The van der Waals surface area contributed by atoms with E-state index in [1.807, 2.05) is 37.3 Å². The van der Waals surface area contributed by atoms with E-state index in [1.165, 1.54) is 0 Å². The van der Waals surface area contributed by atoms with Crippen LogP contribution in [0.2, 0.25) is 0 Å². The van der Waals surface area contributed by atoms with Crippen molar-refractivity contribution in [1.82, 2.24) is 20.6 Å². The lowest BCUT2D eigenvalue weighted by Gasteiger charge is -2.13. The first-order valence-electron chi connectivity index (χ1n) is 11.6. The second-order valence-electron chi connectivity index (χ2n) is 7.82. The topological polar surface area (TPSA) is 132 Å². The molecule has 2 heterocycles. The molecule has 3 rings (SSSR count). The molecule has 4 amide bonds. The molecule has 0 unspecified atom stereocenters. The Morgan fingerprint density at radius 2 is 1.17 bits per heavy atom. The highest BCUT2D eigenvalue weighted by molar-refractivity contribution is 5.93. The van der Waals surface area contributed by atoms with Gasteiger partial charge < -0.3 is 31.9 Å². The Kier molecular flexibility index (Phi) is 10.1. The highest BCUT2D eigenvalue weighted by Gasteiger charge is 2.07. The van der Waals surface area contributed by atoms with Crippen LogP contribution in [0.1, 0.15) is 18.4 Å². The van der Waals surface area contributed by atoms with Gasteiger partial charge in [0.2, 0.25) is 0 Å². The van der Waals surface area contributed by atoms with Gasteiger partial charge in [-0.2, -0.15) is 0 Å². The highest BCUT2D eigenvalue weighted by atomic mass is 16.2. The number of rotatable bonds is 12. The maximum absolute atomic E-state index is 12.3. The van der Waals surface area contributed by atoms with Crippen LogP contribution in [0.4, 0.5) is 32.3 Å². The van der Waals surface area contributed by atoms with E-state index in [0.29, 0.717) is 24.5 Å². The third kappa shape index (κ3) is 9.58. The van der Waals surface area contributed by atoms with Crippen molar-refractivity contribution in [2.24, 2.45) is 0 Å². The summed E-state index contributed by atoms with van der Waals surface area (Å²) < 4.78 is 0. The summed E-state index contributed by atoms with van der Waals surface area (Å²) in [4.78, 5) is 32.4. The zero-order valence-electron chi connectivity index (χ0n) is 19.8. The van der Waals surface area contributed by atoms with Crippen molar-refractivity contribution in [3.05, 3.63) is 72.8 Å². The average molecular weight is 477 g/mol. The quantitative estimate of drug-likeness (QED) is 0.219.